The van der Waals surface area contributed by atoms with Crippen molar-refractivity contribution in [3.8, 4) is 0 Å². The minimum absolute atomic E-state index is 4.89. The van der Waals surface area contributed by atoms with Crippen LogP contribution in [0.5, 0.6) is 0 Å². The monoisotopic (exact) mass is 364 g/mol. The van der Waals surface area contributed by atoms with Gasteiger partial charge in [0.1, 0.15) is 0 Å². The molecule has 8 N–H and O–H groups in total. The van der Waals surface area contributed by atoms with Crippen molar-refractivity contribution in [1.82, 2.24) is 0 Å². The number of rotatable bonds is 0. The molecule has 0 atom stereocenters. The van der Waals surface area contributed by atoms with Crippen LogP contribution in [-0.4, -0.2) is 0 Å². The summed E-state index contributed by atoms with van der Waals surface area (Å²) in [5.41, 5.74) is 0. The van der Waals surface area contributed by atoms with Gasteiger partial charge in [-0.1, -0.05) is 0 Å². The van der Waals surface area contributed by atoms with E-state index in [4.69, 9.17) is 45.4 Å². The Kier molecular flexibility index (Phi) is 1.08. The molecule has 0 saturated carbocycles. The Labute approximate surface area is 55.5 Å². The normalized spacial score (nSPS) is 27.1. The van der Waals surface area contributed by atoms with Gasteiger partial charge in [-0.2, -0.15) is 0 Å². The van der Waals surface area contributed by atoms with Gasteiger partial charge in [0.15, 0.2) is 0 Å². The second-order valence-electron chi connectivity index (χ2n) is 1.60. The van der Waals surface area contributed by atoms with Gasteiger partial charge >= 0.3 is 55.6 Å². The molecule has 0 unspecified atom stereocenters. The van der Waals surface area contributed by atoms with E-state index in [9.17, 15) is 0 Å². The first kappa shape index (κ1) is 9.40. The molecule has 0 aromatic heterocycles. The molecule has 59 valence electrons. The molecule has 0 rings (SSSR count). The van der Waals surface area contributed by atoms with Gasteiger partial charge < -0.3 is 0 Å². The van der Waals surface area contributed by atoms with Gasteiger partial charge in [-0.15, -0.1) is 0 Å². The molecule has 0 amide bonds. The number of nitrogens with two attached hydrogens (primary N) is 4. The van der Waals surface area contributed by atoms with Crippen molar-refractivity contribution < 1.29 is 10.2 Å². The molecule has 0 spiro atoms. The van der Waals surface area contributed by atoms with Gasteiger partial charge in [-0.25, -0.2) is 0 Å². The predicted octanol–water partition coefficient (Wildman–Crippen LogP) is -0.296. The standard InChI is InChI=1S/3ClH.4H2N.Pt/h3*1H;4*1H2;/q;;;4*-1;+7/p-3. The van der Waals surface area contributed by atoms with Crippen LogP contribution in [0.4, 0.5) is 0 Å². The maximum atomic E-state index is 5.11. The Morgan fingerprint density at radius 3 is 0.750 bits per heavy atom. The average molecular weight is 366 g/mol. The van der Waals surface area contributed by atoms with Crippen molar-refractivity contribution >= 4 is 28.3 Å². The van der Waals surface area contributed by atoms with E-state index in [1.807, 2.05) is 0 Å². The van der Waals surface area contributed by atoms with Crippen LogP contribution >= 0.6 is 28.3 Å². The van der Waals surface area contributed by atoms with Crippen LogP contribution in [0.1, 0.15) is 0 Å². The average Bonchev–Trinajstić information content (AvgIpc) is 0.544. The van der Waals surface area contributed by atoms with Crippen LogP contribution in [-0.2, 0) is 10.2 Å². The van der Waals surface area contributed by atoms with Crippen molar-refractivity contribution in [2.24, 2.45) is 17.2 Å². The zero-order valence-corrected chi connectivity index (χ0v) is 8.30. The third-order valence-electron chi connectivity index (χ3n) is 0. The van der Waals surface area contributed by atoms with E-state index in [-0.39, 0.29) is 0 Å². The fraction of sp³-hybridized carbons (Fsp3) is 0. The van der Waals surface area contributed by atoms with Gasteiger partial charge in [0.05, 0.1) is 0 Å². The Balaban J connectivity index is 5.14. The first-order chi connectivity index (χ1) is 2.65. The summed E-state index contributed by atoms with van der Waals surface area (Å²) in [4.78, 5) is 0. The Morgan fingerprint density at radius 2 is 0.750 bits per heavy atom. The summed E-state index contributed by atoms with van der Waals surface area (Å²) < 4.78 is 19.6. The number of hydrogen-bond acceptors (Lipinski definition) is 4. The summed E-state index contributed by atoms with van der Waals surface area (Å²) in [5, 5.41) is 0. The van der Waals surface area contributed by atoms with Crippen molar-refractivity contribution in [2.45, 2.75) is 0 Å². The molecule has 0 fully saturated rings. The molecular formula is H8Cl3N4Pt. The summed E-state index contributed by atoms with van der Waals surface area (Å²) in [7, 11) is 9.08. The molecule has 0 heterocycles. The van der Waals surface area contributed by atoms with Crippen LogP contribution in [0, 0.1) is 0 Å². The van der Waals surface area contributed by atoms with Gasteiger partial charge in [0.2, 0.25) is 0 Å². The molecule has 0 radical (unpaired) electrons. The van der Waals surface area contributed by atoms with Gasteiger partial charge in [0.25, 0.3) is 0 Å². The molecule has 0 aliphatic heterocycles. The Morgan fingerprint density at radius 1 is 0.750 bits per heavy atom. The van der Waals surface area contributed by atoms with Gasteiger partial charge in [-0.05, 0) is 0 Å². The Hall–Kier alpha value is 1.40. The zero-order valence-electron chi connectivity index (χ0n) is 3.76. The molecule has 0 aliphatic rings. The van der Waals surface area contributed by atoms with E-state index < -0.39 is 10.2 Å². The van der Waals surface area contributed by atoms with Gasteiger partial charge in [-0.3, -0.25) is 0 Å². The molecule has 4 nitrogen and oxygen atoms in total. The van der Waals surface area contributed by atoms with Crippen LogP contribution in [0.25, 0.3) is 0 Å². The number of hydrogen-bond donors (Lipinski definition) is 4. The van der Waals surface area contributed by atoms with E-state index in [0.717, 1.165) is 0 Å². The third kappa shape index (κ3) is 155. The SMILES string of the molecule is [NH2][Pt]([NH2])([NH2])([NH2])([Cl])([Cl])[Cl]. The van der Waals surface area contributed by atoms with Crippen LogP contribution in [0.2, 0.25) is 0 Å². The molecule has 0 aromatic rings. The molecule has 8 heavy (non-hydrogen) atoms. The molecule has 0 aromatic carbocycles. The zero-order chi connectivity index (χ0) is 7.38. The Bertz CT molecular complexity index is 103. The first-order valence-corrected chi connectivity index (χ1v) is 14.8. The topological polar surface area (TPSA) is 104 Å². The summed E-state index contributed by atoms with van der Waals surface area (Å²) in [6.07, 6.45) is 0. The fourth-order valence-electron chi connectivity index (χ4n) is 0. The van der Waals surface area contributed by atoms with E-state index in [1.54, 1.807) is 0 Å². The van der Waals surface area contributed by atoms with Gasteiger partial charge in [0, 0.05) is 0 Å². The summed E-state index contributed by atoms with van der Waals surface area (Å²) >= 11 is 0. The molecular weight excluding hydrogens is 357 g/mol. The first-order valence-electron chi connectivity index (χ1n) is 1.09. The van der Waals surface area contributed by atoms with Crippen molar-refractivity contribution in [1.29, 1.82) is 0 Å². The minimum atomic E-state index is -6.25. The van der Waals surface area contributed by atoms with Crippen LogP contribution < -0.4 is 17.2 Å². The second-order valence-corrected chi connectivity index (χ2v) is 35.5. The molecule has 0 bridgehead atoms. The van der Waals surface area contributed by atoms with E-state index in [1.165, 1.54) is 0 Å². The maximum absolute atomic E-state index is 6.25. The van der Waals surface area contributed by atoms with Crippen molar-refractivity contribution in [3.05, 3.63) is 0 Å². The fourth-order valence-corrected chi connectivity index (χ4v) is 0. The van der Waals surface area contributed by atoms with Crippen molar-refractivity contribution in [2.75, 3.05) is 0 Å². The number of halogens is 3. The summed E-state index contributed by atoms with van der Waals surface area (Å²) in [5.74, 6) is 0. The van der Waals surface area contributed by atoms with Crippen LogP contribution in [0.15, 0.2) is 0 Å². The predicted molar refractivity (Wildman–Crippen MR) is 34.3 cm³/mol. The quantitative estimate of drug-likeness (QED) is 0.473. The van der Waals surface area contributed by atoms with Crippen LogP contribution in [0.3, 0.4) is 0 Å². The third-order valence-corrected chi connectivity index (χ3v) is 0. The van der Waals surface area contributed by atoms with Crippen molar-refractivity contribution in [3.63, 3.8) is 0 Å². The molecule has 0 saturated heterocycles. The summed E-state index contributed by atoms with van der Waals surface area (Å²) in [6, 6.07) is 0. The molecule has 8 heteroatoms. The van der Waals surface area contributed by atoms with E-state index in [2.05, 4.69) is 0 Å². The van der Waals surface area contributed by atoms with E-state index in [0.29, 0.717) is 0 Å². The molecule has 0 aliphatic carbocycles. The van der Waals surface area contributed by atoms with E-state index >= 15 is 0 Å². The summed E-state index contributed by atoms with van der Waals surface area (Å²) in [6.45, 7) is 0. The second kappa shape index (κ2) is 0.916.